The number of nitrogens with one attached hydrogen (secondary N) is 2. The maximum atomic E-state index is 12.6. The number of nitrogens with zero attached hydrogens (tertiary/aromatic N) is 2. The Labute approximate surface area is 169 Å². The van der Waals surface area contributed by atoms with Crippen LogP contribution in [-0.2, 0) is 12.8 Å². The summed E-state index contributed by atoms with van der Waals surface area (Å²) in [4.78, 5) is 32.6. The molecule has 0 fully saturated rings. The van der Waals surface area contributed by atoms with Crippen LogP contribution in [0.2, 0.25) is 0 Å². The van der Waals surface area contributed by atoms with Crippen LogP contribution < -0.4 is 10.9 Å². The van der Waals surface area contributed by atoms with Crippen LogP contribution in [0.1, 0.15) is 34.7 Å². The van der Waals surface area contributed by atoms with Gasteiger partial charge in [0.05, 0.1) is 15.3 Å². The molecule has 3 aromatic rings. The first kappa shape index (κ1) is 18.6. The van der Waals surface area contributed by atoms with Gasteiger partial charge in [0, 0.05) is 18.0 Å². The zero-order valence-corrected chi connectivity index (χ0v) is 16.6. The fourth-order valence-corrected chi connectivity index (χ4v) is 4.97. The highest BCUT2D eigenvalue weighted by Crippen LogP contribution is 2.34. The van der Waals surface area contributed by atoms with E-state index in [-0.39, 0.29) is 22.1 Å². The van der Waals surface area contributed by atoms with Crippen molar-refractivity contribution in [2.45, 2.75) is 25.7 Å². The predicted octanol–water partition coefficient (Wildman–Crippen LogP) is 4.55. The minimum atomic E-state index is -0.459. The number of fused-ring (bicyclic) bond motifs is 3. The van der Waals surface area contributed by atoms with Gasteiger partial charge in [-0.3, -0.25) is 14.9 Å². The Morgan fingerprint density at radius 2 is 2.18 bits per heavy atom. The van der Waals surface area contributed by atoms with Crippen LogP contribution in [0.25, 0.3) is 21.3 Å². The van der Waals surface area contributed by atoms with E-state index in [1.54, 1.807) is 36.6 Å². The lowest BCUT2D eigenvalue weighted by molar-refractivity contribution is -0.383. The van der Waals surface area contributed by atoms with E-state index in [1.807, 2.05) is 0 Å². The van der Waals surface area contributed by atoms with Crippen molar-refractivity contribution in [3.8, 4) is 0 Å². The second-order valence-electron chi connectivity index (χ2n) is 6.58. The van der Waals surface area contributed by atoms with Gasteiger partial charge in [0.2, 0.25) is 0 Å². The van der Waals surface area contributed by atoms with Gasteiger partial charge in [0.15, 0.2) is 5.82 Å². The number of thiophene rings is 1. The summed E-state index contributed by atoms with van der Waals surface area (Å²) in [5.74, 6) is 0.262. The van der Waals surface area contributed by atoms with E-state index in [2.05, 4.69) is 15.3 Å². The fourth-order valence-electron chi connectivity index (χ4n) is 3.49. The molecule has 0 saturated heterocycles. The number of nitro benzene ring substituents is 1. The number of hydrogen-bond acceptors (Lipinski definition) is 6. The largest absolute Gasteiger partial charge is 0.383 e. The molecule has 1 aromatic carbocycles. The zero-order valence-electron chi connectivity index (χ0n) is 15.0. The van der Waals surface area contributed by atoms with Gasteiger partial charge in [-0.25, -0.2) is 4.98 Å². The zero-order chi connectivity index (χ0) is 19.8. The van der Waals surface area contributed by atoms with Crippen molar-refractivity contribution in [2.24, 2.45) is 0 Å². The van der Waals surface area contributed by atoms with Crippen molar-refractivity contribution < 1.29 is 4.92 Å². The minimum Gasteiger partial charge on any atom is -0.383 e. The van der Waals surface area contributed by atoms with Crippen LogP contribution in [0.4, 0.5) is 11.4 Å². The van der Waals surface area contributed by atoms with E-state index in [9.17, 15) is 14.9 Å². The highest BCUT2D eigenvalue weighted by atomic mass is 35.5. The molecule has 2 N–H and O–H groups in total. The summed E-state index contributed by atoms with van der Waals surface area (Å²) in [5.41, 5.74) is 1.83. The van der Waals surface area contributed by atoms with E-state index >= 15 is 0 Å². The van der Waals surface area contributed by atoms with Crippen molar-refractivity contribution in [3.05, 3.63) is 60.5 Å². The summed E-state index contributed by atoms with van der Waals surface area (Å²) >= 11 is 7.94. The normalized spacial score (nSPS) is 14.1. The van der Waals surface area contributed by atoms with Crippen LogP contribution in [0.15, 0.2) is 23.0 Å². The van der Waals surface area contributed by atoms with E-state index < -0.39 is 4.92 Å². The summed E-state index contributed by atoms with van der Waals surface area (Å²) in [5, 5.41) is 14.9. The number of aromatic nitrogens is 2. The molecular weight excluding hydrogens is 400 g/mol. The maximum absolute atomic E-state index is 12.6. The lowest BCUT2D eigenvalue weighted by Gasteiger charge is -2.09. The Bertz CT molecular complexity index is 1180. The van der Waals surface area contributed by atoms with Gasteiger partial charge in [-0.2, -0.15) is 0 Å². The molecule has 0 spiro atoms. The average molecular weight is 417 g/mol. The lowest BCUT2D eigenvalue weighted by atomic mass is 9.97. The molecular formula is C19H17ClN4O3S. The monoisotopic (exact) mass is 416 g/mol. The molecule has 0 amide bonds. The van der Waals surface area contributed by atoms with Crippen molar-refractivity contribution in [1.82, 2.24) is 9.97 Å². The Morgan fingerprint density at radius 1 is 1.39 bits per heavy atom. The van der Waals surface area contributed by atoms with Gasteiger partial charge in [-0.15, -0.1) is 11.3 Å². The molecule has 144 valence electrons. The molecule has 0 unspecified atom stereocenters. The lowest BCUT2D eigenvalue weighted by Crippen LogP contribution is -2.12. The fraction of sp³-hybridized carbons (Fsp3) is 0.263. The van der Waals surface area contributed by atoms with Gasteiger partial charge < -0.3 is 10.3 Å². The molecule has 1 aliphatic carbocycles. The smallest absolute Gasteiger partial charge is 0.292 e. The second kappa shape index (κ2) is 7.37. The second-order valence-corrected chi connectivity index (χ2v) is 8.07. The Morgan fingerprint density at radius 3 is 2.93 bits per heavy atom. The Hall–Kier alpha value is -2.71. The minimum absolute atomic E-state index is 0.0523. The number of anilines is 1. The standard InChI is InChI=1S/C19H17ClN4O3S/c1-21-13-7-6-10(9-14(13)24(26)27)8-12(20)17-22-18(25)16-11-4-2-3-5-15(11)28-19(16)23-17/h6-9,21H,2-5H2,1H3,(H,22,23,25)/b12-8-. The quantitative estimate of drug-likeness (QED) is 0.480. The summed E-state index contributed by atoms with van der Waals surface area (Å²) in [6, 6.07) is 4.75. The molecule has 1 aliphatic rings. The topological polar surface area (TPSA) is 101 Å². The van der Waals surface area contributed by atoms with E-state index in [4.69, 9.17) is 11.6 Å². The first-order valence-corrected chi connectivity index (χ1v) is 10.1. The van der Waals surface area contributed by atoms with Crippen molar-refractivity contribution in [2.75, 3.05) is 12.4 Å². The van der Waals surface area contributed by atoms with Gasteiger partial charge in [-0.05, 0) is 49.0 Å². The van der Waals surface area contributed by atoms with Crippen LogP contribution >= 0.6 is 22.9 Å². The number of aryl methyl sites for hydroxylation is 2. The summed E-state index contributed by atoms with van der Waals surface area (Å²) in [7, 11) is 1.62. The molecule has 0 aliphatic heterocycles. The first-order valence-electron chi connectivity index (χ1n) is 8.86. The number of aromatic amines is 1. The van der Waals surface area contributed by atoms with E-state index in [0.29, 0.717) is 21.5 Å². The number of rotatable bonds is 4. The first-order chi connectivity index (χ1) is 13.5. The molecule has 0 bridgehead atoms. The van der Waals surface area contributed by atoms with Crippen LogP contribution in [-0.4, -0.2) is 21.9 Å². The number of hydrogen-bond donors (Lipinski definition) is 2. The molecule has 2 aromatic heterocycles. The van der Waals surface area contributed by atoms with Crippen molar-refractivity contribution in [3.63, 3.8) is 0 Å². The van der Waals surface area contributed by atoms with Gasteiger partial charge >= 0.3 is 0 Å². The third kappa shape index (κ3) is 3.29. The molecule has 7 nitrogen and oxygen atoms in total. The summed E-state index contributed by atoms with van der Waals surface area (Å²) in [6.45, 7) is 0. The third-order valence-electron chi connectivity index (χ3n) is 4.83. The number of halogens is 1. The molecule has 28 heavy (non-hydrogen) atoms. The predicted molar refractivity (Wildman–Crippen MR) is 113 cm³/mol. The Balaban J connectivity index is 1.77. The summed E-state index contributed by atoms with van der Waals surface area (Å²) < 4.78 is 0. The molecule has 0 saturated carbocycles. The van der Waals surface area contributed by atoms with Gasteiger partial charge in [0.1, 0.15) is 10.5 Å². The van der Waals surface area contributed by atoms with Crippen LogP contribution in [0.5, 0.6) is 0 Å². The number of H-pyrrole nitrogens is 1. The molecule has 9 heteroatoms. The molecule has 4 rings (SSSR count). The van der Waals surface area contributed by atoms with Crippen molar-refractivity contribution in [1.29, 1.82) is 0 Å². The van der Waals surface area contributed by atoms with Crippen LogP contribution in [0.3, 0.4) is 0 Å². The van der Waals surface area contributed by atoms with Gasteiger partial charge in [-0.1, -0.05) is 17.7 Å². The molecule has 0 radical (unpaired) electrons. The van der Waals surface area contributed by atoms with Gasteiger partial charge in [0.25, 0.3) is 11.2 Å². The SMILES string of the molecule is CNc1ccc(/C=C(\Cl)c2nc3sc4c(c3c(=O)[nH]2)CCCC4)cc1[N+](=O)[O-]. The average Bonchev–Trinajstić information content (AvgIpc) is 3.06. The molecule has 0 atom stereocenters. The number of benzene rings is 1. The van der Waals surface area contributed by atoms with Crippen LogP contribution in [0, 0.1) is 10.1 Å². The molecule has 2 heterocycles. The maximum Gasteiger partial charge on any atom is 0.292 e. The highest BCUT2D eigenvalue weighted by Gasteiger charge is 2.20. The van der Waals surface area contributed by atoms with E-state index in [1.165, 1.54) is 10.9 Å². The van der Waals surface area contributed by atoms with E-state index in [0.717, 1.165) is 31.2 Å². The number of nitro groups is 1. The van der Waals surface area contributed by atoms with Crippen molar-refractivity contribution >= 4 is 55.6 Å². The Kier molecular flexibility index (Phi) is 4.91. The third-order valence-corrected chi connectivity index (χ3v) is 6.31. The summed E-state index contributed by atoms with van der Waals surface area (Å²) in [6.07, 6.45) is 5.67. The highest BCUT2D eigenvalue weighted by molar-refractivity contribution is 7.18.